The minimum absolute atomic E-state index is 0.263. The van der Waals surface area contributed by atoms with Crippen molar-refractivity contribution in [2.45, 2.75) is 38.3 Å². The molecule has 0 spiro atoms. The van der Waals surface area contributed by atoms with E-state index in [-0.39, 0.29) is 17.7 Å². The van der Waals surface area contributed by atoms with E-state index < -0.39 is 11.4 Å². The summed E-state index contributed by atoms with van der Waals surface area (Å²) < 4.78 is 26.2. The van der Waals surface area contributed by atoms with Gasteiger partial charge in [-0.2, -0.15) is 0 Å². The highest BCUT2D eigenvalue weighted by atomic mass is 19.1. The van der Waals surface area contributed by atoms with Gasteiger partial charge in [0.25, 0.3) is 0 Å². The highest BCUT2D eigenvalue weighted by molar-refractivity contribution is 6.01. The predicted molar refractivity (Wildman–Crippen MR) is 108 cm³/mol. The van der Waals surface area contributed by atoms with Crippen LogP contribution in [0, 0.1) is 17.0 Å². The second-order valence-corrected chi connectivity index (χ2v) is 8.17. The molecule has 1 atom stereocenters. The molecule has 0 unspecified atom stereocenters. The van der Waals surface area contributed by atoms with Crippen LogP contribution in [0.1, 0.15) is 36.8 Å². The minimum atomic E-state index is -0.849. The Morgan fingerprint density at radius 3 is 2.27 bits per heavy atom. The van der Waals surface area contributed by atoms with Crippen LogP contribution in [0.2, 0.25) is 0 Å². The van der Waals surface area contributed by atoms with Crippen LogP contribution in [-0.2, 0) is 16.2 Å². The molecule has 1 N–H and O–H groups in total. The fourth-order valence-electron chi connectivity index (χ4n) is 4.28. The second kappa shape index (κ2) is 8.52. The van der Waals surface area contributed by atoms with E-state index in [1.54, 1.807) is 24.3 Å². The first kappa shape index (κ1) is 20.5. The Morgan fingerprint density at radius 2 is 1.67 bits per heavy atom. The molecule has 2 aromatic rings. The molecule has 0 amide bonds. The van der Waals surface area contributed by atoms with Crippen molar-refractivity contribution in [3.63, 3.8) is 0 Å². The van der Waals surface area contributed by atoms with Gasteiger partial charge in [-0.05, 0) is 61.3 Å². The van der Waals surface area contributed by atoms with Crippen LogP contribution in [0.25, 0.3) is 0 Å². The number of piperidine rings is 1. The summed E-state index contributed by atoms with van der Waals surface area (Å²) in [5.74, 6) is -1.38. The Morgan fingerprint density at radius 1 is 1.07 bits per heavy atom. The van der Waals surface area contributed by atoms with Gasteiger partial charge in [0.05, 0.1) is 11.1 Å². The highest BCUT2D eigenvalue weighted by Gasteiger charge is 2.44. The maximum absolute atomic E-state index is 13.1. The molecular weight excluding hydrogens is 390 g/mol. The van der Waals surface area contributed by atoms with E-state index in [4.69, 9.17) is 4.84 Å². The van der Waals surface area contributed by atoms with Crippen molar-refractivity contribution >= 4 is 11.7 Å². The van der Waals surface area contributed by atoms with E-state index >= 15 is 0 Å². The molecular formula is C23H24F2N2O3. The van der Waals surface area contributed by atoms with E-state index in [9.17, 15) is 18.7 Å². The number of aliphatic carboxylic acids is 1. The summed E-state index contributed by atoms with van der Waals surface area (Å²) in [5.41, 5.74) is 1.67. The lowest BCUT2D eigenvalue weighted by Crippen LogP contribution is -2.45. The summed E-state index contributed by atoms with van der Waals surface area (Å²) in [7, 11) is 0. The number of carboxylic acid groups (broad SMARTS) is 1. The monoisotopic (exact) mass is 414 g/mol. The third kappa shape index (κ3) is 4.51. The summed E-state index contributed by atoms with van der Waals surface area (Å²) in [6.07, 6.45) is 1.65. The number of halogens is 2. The minimum Gasteiger partial charge on any atom is -0.481 e. The topological polar surface area (TPSA) is 62.1 Å². The first-order valence-electron chi connectivity index (χ1n) is 10.1. The molecule has 2 heterocycles. The van der Waals surface area contributed by atoms with Crippen LogP contribution < -0.4 is 0 Å². The normalized spacial score (nSPS) is 21.1. The molecule has 0 radical (unpaired) electrons. The molecule has 5 nitrogen and oxygen atoms in total. The van der Waals surface area contributed by atoms with Crippen molar-refractivity contribution < 1.29 is 23.5 Å². The Balaban J connectivity index is 1.35. The number of nitrogens with zero attached hydrogens (tertiary/aromatic N) is 2. The zero-order valence-corrected chi connectivity index (χ0v) is 16.6. The van der Waals surface area contributed by atoms with Gasteiger partial charge < -0.3 is 9.94 Å². The summed E-state index contributed by atoms with van der Waals surface area (Å²) in [4.78, 5) is 19.9. The first-order valence-corrected chi connectivity index (χ1v) is 10.1. The summed E-state index contributed by atoms with van der Waals surface area (Å²) in [6.45, 7) is 1.98. The van der Waals surface area contributed by atoms with Crippen LogP contribution in [0.3, 0.4) is 0 Å². The average molecular weight is 414 g/mol. The number of carboxylic acids is 1. The second-order valence-electron chi connectivity index (χ2n) is 8.17. The Bertz CT molecular complexity index is 920. The molecule has 1 saturated heterocycles. The van der Waals surface area contributed by atoms with Crippen LogP contribution in [0.5, 0.6) is 0 Å². The van der Waals surface area contributed by atoms with Gasteiger partial charge in [0.2, 0.25) is 0 Å². The van der Waals surface area contributed by atoms with Crippen molar-refractivity contribution in [3.8, 4) is 0 Å². The molecule has 30 heavy (non-hydrogen) atoms. The fourth-order valence-corrected chi connectivity index (χ4v) is 4.28. The molecule has 2 aromatic carbocycles. The highest BCUT2D eigenvalue weighted by Crippen LogP contribution is 2.39. The predicted octanol–water partition coefficient (Wildman–Crippen LogP) is 4.21. The maximum Gasteiger partial charge on any atom is 0.309 e. The van der Waals surface area contributed by atoms with Crippen LogP contribution in [-0.4, -0.2) is 40.9 Å². The Hall–Kier alpha value is -2.80. The number of hydrogen-bond acceptors (Lipinski definition) is 4. The Kier molecular flexibility index (Phi) is 5.81. The standard InChI is InChI=1S/C23H24F2N2O3/c24-18-5-1-16(2-6-18)15-27-11-9-23(10-12-27,22(28)29)14-20-13-21(26-30-20)17-3-7-19(25)8-4-17/h1-8,20H,9-15H2,(H,28,29)/t20-/m1/s1. The molecule has 7 heteroatoms. The molecule has 4 rings (SSSR count). The van der Waals surface area contributed by atoms with Crippen molar-refractivity contribution in [2.24, 2.45) is 10.6 Å². The number of hydrogen-bond donors (Lipinski definition) is 1. The molecule has 0 aliphatic carbocycles. The number of likely N-dealkylation sites (tertiary alicyclic amines) is 1. The molecule has 158 valence electrons. The SMILES string of the molecule is O=C(O)C1(C[C@H]2CC(c3ccc(F)cc3)=NO2)CCN(Cc2ccc(F)cc2)CC1. The van der Waals surface area contributed by atoms with Gasteiger partial charge in [0, 0.05) is 19.4 Å². The smallest absolute Gasteiger partial charge is 0.309 e. The van der Waals surface area contributed by atoms with Crippen molar-refractivity contribution in [3.05, 3.63) is 71.3 Å². The van der Waals surface area contributed by atoms with Gasteiger partial charge in [-0.15, -0.1) is 0 Å². The zero-order chi connectivity index (χ0) is 21.1. The van der Waals surface area contributed by atoms with Crippen LogP contribution >= 0.6 is 0 Å². The van der Waals surface area contributed by atoms with E-state index in [0.717, 1.165) is 11.1 Å². The van der Waals surface area contributed by atoms with Gasteiger partial charge in [-0.25, -0.2) is 8.78 Å². The quantitative estimate of drug-likeness (QED) is 0.769. The Labute approximate surface area is 174 Å². The molecule has 0 aromatic heterocycles. The lowest BCUT2D eigenvalue weighted by Gasteiger charge is -2.39. The van der Waals surface area contributed by atoms with Gasteiger partial charge in [-0.3, -0.25) is 9.69 Å². The lowest BCUT2D eigenvalue weighted by atomic mass is 9.73. The zero-order valence-electron chi connectivity index (χ0n) is 16.6. The summed E-state index contributed by atoms with van der Waals surface area (Å²) in [6, 6.07) is 12.5. The summed E-state index contributed by atoms with van der Waals surface area (Å²) >= 11 is 0. The molecule has 2 aliphatic rings. The number of benzene rings is 2. The van der Waals surface area contributed by atoms with E-state index in [2.05, 4.69) is 10.1 Å². The van der Waals surface area contributed by atoms with Crippen LogP contribution in [0.15, 0.2) is 53.7 Å². The molecule has 0 bridgehead atoms. The third-order valence-corrected chi connectivity index (χ3v) is 6.12. The molecule has 0 saturated carbocycles. The van der Waals surface area contributed by atoms with E-state index in [1.807, 2.05) is 0 Å². The number of carbonyl (C=O) groups is 1. The number of rotatable bonds is 6. The summed E-state index contributed by atoms with van der Waals surface area (Å²) in [5, 5.41) is 14.1. The largest absolute Gasteiger partial charge is 0.481 e. The molecule has 2 aliphatic heterocycles. The van der Waals surface area contributed by atoms with Gasteiger partial charge >= 0.3 is 5.97 Å². The van der Waals surface area contributed by atoms with Crippen LogP contribution in [0.4, 0.5) is 8.78 Å². The van der Waals surface area contributed by atoms with Crippen molar-refractivity contribution in [1.29, 1.82) is 0 Å². The van der Waals surface area contributed by atoms with Crippen molar-refractivity contribution in [2.75, 3.05) is 13.1 Å². The first-order chi connectivity index (χ1) is 14.4. The fraction of sp³-hybridized carbons (Fsp3) is 0.391. The maximum atomic E-state index is 13.1. The van der Waals surface area contributed by atoms with Gasteiger partial charge in [0.1, 0.15) is 17.7 Å². The van der Waals surface area contributed by atoms with Gasteiger partial charge in [0.15, 0.2) is 0 Å². The van der Waals surface area contributed by atoms with E-state index in [0.29, 0.717) is 51.0 Å². The number of oxime groups is 1. The van der Waals surface area contributed by atoms with Gasteiger partial charge in [-0.1, -0.05) is 29.4 Å². The molecule has 1 fully saturated rings. The van der Waals surface area contributed by atoms with Crippen molar-refractivity contribution in [1.82, 2.24) is 4.90 Å². The van der Waals surface area contributed by atoms with E-state index in [1.165, 1.54) is 24.3 Å². The third-order valence-electron chi connectivity index (χ3n) is 6.12. The lowest BCUT2D eigenvalue weighted by molar-refractivity contribution is -0.155. The average Bonchev–Trinajstić information content (AvgIpc) is 3.20.